The van der Waals surface area contributed by atoms with Gasteiger partial charge in [-0.1, -0.05) is 20.3 Å². The van der Waals surface area contributed by atoms with Crippen LogP contribution in [0.2, 0.25) is 0 Å². The first kappa shape index (κ1) is 25.9. The normalized spacial score (nSPS) is 22.4. The topological polar surface area (TPSA) is 148 Å². The first-order valence-corrected chi connectivity index (χ1v) is 13.0. The van der Waals surface area contributed by atoms with Crippen molar-refractivity contribution in [2.24, 2.45) is 17.8 Å². The number of nitrogens with one attached hydrogen (secondary N) is 2. The van der Waals surface area contributed by atoms with Crippen LogP contribution >= 0.6 is 0 Å². The van der Waals surface area contributed by atoms with Gasteiger partial charge in [-0.05, 0) is 56.1 Å². The quantitative estimate of drug-likeness (QED) is 0.374. The summed E-state index contributed by atoms with van der Waals surface area (Å²) in [7, 11) is -3.90. The average molecular weight is 497 g/mol. The fourth-order valence-corrected chi connectivity index (χ4v) is 6.68. The molecule has 2 saturated carbocycles. The number of imide groups is 1. The van der Waals surface area contributed by atoms with Crippen LogP contribution in [0.25, 0.3) is 0 Å². The molecule has 0 aliphatic heterocycles. The number of ether oxygens (including phenoxy) is 1. The van der Waals surface area contributed by atoms with Crippen LogP contribution in [0.15, 0.2) is 23.1 Å². The molecule has 0 spiro atoms. The van der Waals surface area contributed by atoms with Gasteiger partial charge in [-0.3, -0.25) is 20.2 Å². The van der Waals surface area contributed by atoms with Crippen molar-refractivity contribution in [1.82, 2.24) is 14.9 Å². The minimum atomic E-state index is -3.90. The summed E-state index contributed by atoms with van der Waals surface area (Å²) >= 11 is 0. The number of nitro groups is 1. The lowest BCUT2D eigenvalue weighted by atomic mass is 9.84. The lowest BCUT2D eigenvalue weighted by Crippen LogP contribution is -2.48. The summed E-state index contributed by atoms with van der Waals surface area (Å²) in [5.74, 6) is 0.723. The number of amides is 3. The summed E-state index contributed by atoms with van der Waals surface area (Å²) in [5.41, 5.74) is -0.588. The van der Waals surface area contributed by atoms with E-state index in [4.69, 9.17) is 4.74 Å². The molecule has 11 nitrogen and oxygen atoms in total. The van der Waals surface area contributed by atoms with E-state index in [1.54, 1.807) is 13.8 Å². The lowest BCUT2D eigenvalue weighted by Gasteiger charge is -2.28. The molecule has 2 N–H and O–H groups in total. The van der Waals surface area contributed by atoms with E-state index in [1.165, 1.54) is 29.6 Å². The fourth-order valence-electron chi connectivity index (χ4n) is 5.20. The second-order valence-electron chi connectivity index (χ2n) is 8.91. The molecule has 4 atom stereocenters. The largest absolute Gasteiger partial charge is 0.477 e. The standard InChI is InChI=1S/C22H32N4O7S/c1-4-25(5-2)34(31,32)17-8-9-20(19(12-17)26(29)30)33-13-21(27)24-22(28)23-14(3)18-11-15-6-7-16(18)10-15/h8-9,12,14-16,18H,4-7,10-11,13H2,1-3H3,(H2,23,24,27,28). The second-order valence-corrected chi connectivity index (χ2v) is 10.9. The van der Waals surface area contributed by atoms with Gasteiger partial charge in [-0.15, -0.1) is 0 Å². The van der Waals surface area contributed by atoms with Crippen molar-refractivity contribution in [3.05, 3.63) is 28.3 Å². The van der Waals surface area contributed by atoms with Gasteiger partial charge in [0.1, 0.15) is 0 Å². The van der Waals surface area contributed by atoms with E-state index in [2.05, 4.69) is 10.6 Å². The molecular weight excluding hydrogens is 464 g/mol. The Bertz CT molecular complexity index is 1040. The third-order valence-electron chi connectivity index (χ3n) is 6.88. The molecule has 1 aromatic rings. The zero-order valence-electron chi connectivity index (χ0n) is 19.7. The molecule has 0 heterocycles. The van der Waals surface area contributed by atoms with E-state index < -0.39 is 39.2 Å². The van der Waals surface area contributed by atoms with Crippen LogP contribution in [-0.2, 0) is 14.8 Å². The van der Waals surface area contributed by atoms with Crippen LogP contribution < -0.4 is 15.4 Å². The minimum Gasteiger partial charge on any atom is -0.477 e. The van der Waals surface area contributed by atoms with Gasteiger partial charge >= 0.3 is 11.7 Å². The SMILES string of the molecule is CCN(CC)S(=O)(=O)c1ccc(OCC(=O)NC(=O)NC(C)C2CC3CCC2C3)c([N+](=O)[O-])c1. The summed E-state index contributed by atoms with van der Waals surface area (Å²) in [5, 5.41) is 16.5. The molecule has 12 heteroatoms. The van der Waals surface area contributed by atoms with E-state index in [-0.39, 0.29) is 29.8 Å². The van der Waals surface area contributed by atoms with Gasteiger partial charge in [-0.25, -0.2) is 13.2 Å². The van der Waals surface area contributed by atoms with Crippen molar-refractivity contribution in [3.63, 3.8) is 0 Å². The zero-order valence-corrected chi connectivity index (χ0v) is 20.5. The molecule has 1 aromatic carbocycles. The van der Waals surface area contributed by atoms with Gasteiger partial charge in [0.05, 0.1) is 9.82 Å². The Morgan fingerprint density at radius 3 is 2.50 bits per heavy atom. The highest BCUT2D eigenvalue weighted by Gasteiger charge is 2.42. The predicted molar refractivity (Wildman–Crippen MR) is 124 cm³/mol. The Hall–Kier alpha value is -2.73. The number of sulfonamides is 1. The van der Waals surface area contributed by atoms with Crippen LogP contribution in [0, 0.1) is 27.9 Å². The monoisotopic (exact) mass is 496 g/mol. The molecule has 3 rings (SSSR count). The van der Waals surface area contributed by atoms with Gasteiger partial charge < -0.3 is 10.1 Å². The van der Waals surface area contributed by atoms with Crippen molar-refractivity contribution in [3.8, 4) is 5.75 Å². The van der Waals surface area contributed by atoms with Crippen molar-refractivity contribution in [2.45, 2.75) is 57.4 Å². The molecule has 0 radical (unpaired) electrons. The van der Waals surface area contributed by atoms with Gasteiger partial charge in [-0.2, -0.15) is 4.31 Å². The van der Waals surface area contributed by atoms with E-state index in [0.29, 0.717) is 11.8 Å². The van der Waals surface area contributed by atoms with E-state index in [9.17, 15) is 28.1 Å². The number of rotatable bonds is 10. The second kappa shape index (κ2) is 10.7. The number of hydrogen-bond donors (Lipinski definition) is 2. The molecule has 188 valence electrons. The average Bonchev–Trinajstić information content (AvgIpc) is 3.42. The Morgan fingerprint density at radius 2 is 1.94 bits per heavy atom. The Labute approximate surface area is 199 Å². The third kappa shape index (κ3) is 5.66. The van der Waals surface area contributed by atoms with Crippen LogP contribution in [0.3, 0.4) is 0 Å². The van der Waals surface area contributed by atoms with E-state index in [0.717, 1.165) is 24.5 Å². The maximum atomic E-state index is 12.6. The van der Waals surface area contributed by atoms with Crippen molar-refractivity contribution in [1.29, 1.82) is 0 Å². The first-order valence-electron chi connectivity index (χ1n) is 11.6. The Balaban J connectivity index is 1.58. The lowest BCUT2D eigenvalue weighted by molar-refractivity contribution is -0.386. The molecular formula is C22H32N4O7S. The van der Waals surface area contributed by atoms with Crippen molar-refractivity contribution < 1.29 is 27.7 Å². The third-order valence-corrected chi connectivity index (χ3v) is 8.92. The number of nitro benzene ring substituents is 1. The van der Waals surface area contributed by atoms with Gasteiger partial charge in [0.15, 0.2) is 12.4 Å². The molecule has 3 amide bonds. The van der Waals surface area contributed by atoms with Gasteiger partial charge in [0.2, 0.25) is 10.0 Å². The Kier molecular flexibility index (Phi) is 8.13. The summed E-state index contributed by atoms with van der Waals surface area (Å²) in [4.78, 5) is 34.8. The molecule has 2 aliphatic rings. The number of nitrogens with zero attached hydrogens (tertiary/aromatic N) is 2. The maximum absolute atomic E-state index is 12.6. The van der Waals surface area contributed by atoms with Crippen LogP contribution in [-0.4, -0.2) is 55.3 Å². The highest BCUT2D eigenvalue weighted by Crippen LogP contribution is 2.49. The highest BCUT2D eigenvalue weighted by molar-refractivity contribution is 7.89. The van der Waals surface area contributed by atoms with E-state index in [1.807, 2.05) is 6.92 Å². The summed E-state index contributed by atoms with van der Waals surface area (Å²) < 4.78 is 31.7. The van der Waals surface area contributed by atoms with Crippen molar-refractivity contribution in [2.75, 3.05) is 19.7 Å². The fraction of sp³-hybridized carbons (Fsp3) is 0.636. The molecule has 2 bridgehead atoms. The molecule has 4 unspecified atom stereocenters. The number of urea groups is 1. The number of benzene rings is 1. The first-order chi connectivity index (χ1) is 16.1. The molecule has 0 saturated heterocycles. The molecule has 2 fully saturated rings. The maximum Gasteiger partial charge on any atom is 0.321 e. The van der Waals surface area contributed by atoms with Gasteiger partial charge in [0, 0.05) is 25.2 Å². The number of carbonyl (C=O) groups is 2. The summed E-state index contributed by atoms with van der Waals surface area (Å²) in [6.07, 6.45) is 4.74. The van der Waals surface area contributed by atoms with Crippen molar-refractivity contribution >= 4 is 27.6 Å². The van der Waals surface area contributed by atoms with Gasteiger partial charge in [0.25, 0.3) is 5.91 Å². The van der Waals surface area contributed by atoms with Crippen LogP contribution in [0.5, 0.6) is 5.75 Å². The zero-order chi connectivity index (χ0) is 25.0. The Morgan fingerprint density at radius 1 is 1.24 bits per heavy atom. The predicted octanol–water partition coefficient (Wildman–Crippen LogP) is 2.65. The highest BCUT2D eigenvalue weighted by atomic mass is 32.2. The summed E-state index contributed by atoms with van der Waals surface area (Å²) in [6.45, 7) is 5.06. The number of fused-ring (bicyclic) bond motifs is 2. The summed E-state index contributed by atoms with van der Waals surface area (Å²) in [6, 6.07) is 2.53. The molecule has 0 aromatic heterocycles. The smallest absolute Gasteiger partial charge is 0.321 e. The molecule has 34 heavy (non-hydrogen) atoms. The number of hydrogen-bond acceptors (Lipinski definition) is 7. The molecule has 2 aliphatic carbocycles. The van der Waals surface area contributed by atoms with Crippen LogP contribution in [0.4, 0.5) is 10.5 Å². The van der Waals surface area contributed by atoms with Crippen LogP contribution in [0.1, 0.15) is 46.5 Å². The minimum absolute atomic E-state index is 0.0644. The number of carbonyl (C=O) groups excluding carboxylic acids is 2. The van der Waals surface area contributed by atoms with E-state index >= 15 is 0 Å².